The molecule has 8 heteroatoms. The Labute approximate surface area is 227 Å². The Morgan fingerprint density at radius 3 is 2.31 bits per heavy atom. The summed E-state index contributed by atoms with van der Waals surface area (Å²) in [6.45, 7) is 4.16. The maximum Gasteiger partial charge on any atom is 0.419 e. The van der Waals surface area contributed by atoms with E-state index < -0.39 is 17.9 Å². The van der Waals surface area contributed by atoms with E-state index in [1.165, 1.54) is 10.1 Å². The SMILES string of the molecule is CC(C)CC(NC(=O)c1ccc(Cc2ccccc2)cc1)C(O)CNC(=O)CCn1c(=O)oc2ccccc21. The lowest BCUT2D eigenvalue weighted by Gasteiger charge is -2.26. The Morgan fingerprint density at radius 2 is 1.59 bits per heavy atom. The molecule has 204 valence electrons. The third-order valence-electron chi connectivity index (χ3n) is 6.62. The van der Waals surface area contributed by atoms with Gasteiger partial charge in [-0.15, -0.1) is 0 Å². The van der Waals surface area contributed by atoms with Gasteiger partial charge in [-0.05, 0) is 54.2 Å². The van der Waals surface area contributed by atoms with Crippen LogP contribution in [-0.4, -0.2) is 40.2 Å². The Kier molecular flexibility index (Phi) is 9.33. The Hall–Kier alpha value is -4.17. The second-order valence-electron chi connectivity index (χ2n) is 10.2. The van der Waals surface area contributed by atoms with Crippen molar-refractivity contribution >= 4 is 22.9 Å². The first kappa shape index (κ1) is 27.9. The van der Waals surface area contributed by atoms with Crippen LogP contribution in [0.4, 0.5) is 0 Å². The fourth-order valence-electron chi connectivity index (χ4n) is 4.57. The quantitative estimate of drug-likeness (QED) is 0.258. The molecule has 1 heterocycles. The minimum absolute atomic E-state index is 0.0203. The predicted molar refractivity (Wildman–Crippen MR) is 151 cm³/mol. The van der Waals surface area contributed by atoms with Gasteiger partial charge < -0.3 is 20.2 Å². The highest BCUT2D eigenvalue weighted by Gasteiger charge is 2.24. The number of aryl methyl sites for hydroxylation is 1. The van der Waals surface area contributed by atoms with E-state index in [4.69, 9.17) is 4.42 Å². The number of nitrogens with one attached hydrogen (secondary N) is 2. The van der Waals surface area contributed by atoms with Crippen LogP contribution in [0.15, 0.2) is 88.1 Å². The maximum absolute atomic E-state index is 13.0. The summed E-state index contributed by atoms with van der Waals surface area (Å²) in [4.78, 5) is 37.6. The van der Waals surface area contributed by atoms with Gasteiger partial charge in [-0.3, -0.25) is 14.2 Å². The molecular weight excluding hydrogens is 494 g/mol. The summed E-state index contributed by atoms with van der Waals surface area (Å²) in [5.74, 6) is -0.884. The molecule has 4 rings (SSSR count). The van der Waals surface area contributed by atoms with E-state index in [0.717, 1.165) is 12.0 Å². The number of oxazole rings is 1. The molecule has 0 aliphatic rings. The van der Waals surface area contributed by atoms with Crippen molar-refractivity contribution < 1.29 is 19.1 Å². The van der Waals surface area contributed by atoms with Crippen molar-refractivity contribution in [2.45, 2.75) is 51.8 Å². The van der Waals surface area contributed by atoms with Crippen molar-refractivity contribution in [2.75, 3.05) is 6.54 Å². The molecule has 2 amide bonds. The summed E-state index contributed by atoms with van der Waals surface area (Å²) < 4.78 is 6.61. The van der Waals surface area contributed by atoms with Crippen LogP contribution in [0.2, 0.25) is 0 Å². The number of aliphatic hydroxyl groups is 1. The first-order chi connectivity index (χ1) is 18.8. The lowest BCUT2D eigenvalue weighted by atomic mass is 9.98. The number of carbonyl (C=O) groups excluding carboxylic acids is 2. The molecule has 3 N–H and O–H groups in total. The number of fused-ring (bicyclic) bond motifs is 1. The Bertz CT molecular complexity index is 1440. The number of aromatic nitrogens is 1. The van der Waals surface area contributed by atoms with Crippen LogP contribution < -0.4 is 16.4 Å². The largest absolute Gasteiger partial charge is 0.419 e. The molecule has 4 aromatic rings. The molecule has 2 atom stereocenters. The highest BCUT2D eigenvalue weighted by molar-refractivity contribution is 5.94. The molecule has 39 heavy (non-hydrogen) atoms. The van der Waals surface area contributed by atoms with E-state index in [-0.39, 0.29) is 37.2 Å². The summed E-state index contributed by atoms with van der Waals surface area (Å²) in [5.41, 5.74) is 3.90. The van der Waals surface area contributed by atoms with Gasteiger partial charge in [0.1, 0.15) is 0 Å². The van der Waals surface area contributed by atoms with Crippen molar-refractivity contribution in [3.63, 3.8) is 0 Å². The molecule has 0 radical (unpaired) electrons. The molecule has 3 aromatic carbocycles. The summed E-state index contributed by atoms with van der Waals surface area (Å²) in [6, 6.07) is 24.1. The van der Waals surface area contributed by atoms with E-state index in [2.05, 4.69) is 22.8 Å². The average molecular weight is 530 g/mol. The predicted octanol–water partition coefficient (Wildman–Crippen LogP) is 3.90. The lowest BCUT2D eigenvalue weighted by Crippen LogP contribution is -2.49. The van der Waals surface area contributed by atoms with Crippen molar-refractivity contribution in [1.82, 2.24) is 15.2 Å². The molecule has 8 nitrogen and oxygen atoms in total. The van der Waals surface area contributed by atoms with Crippen LogP contribution in [0.1, 0.15) is 48.2 Å². The van der Waals surface area contributed by atoms with E-state index in [0.29, 0.717) is 23.1 Å². The maximum atomic E-state index is 13.0. The van der Waals surface area contributed by atoms with Crippen LogP contribution >= 0.6 is 0 Å². The number of carbonyl (C=O) groups is 2. The second-order valence-corrected chi connectivity index (χ2v) is 10.2. The molecule has 0 fully saturated rings. The standard InChI is InChI=1S/C31H35N3O5/c1-21(2)18-25(33-30(37)24-14-12-23(13-15-24)19-22-8-4-3-5-9-22)27(35)20-32-29(36)16-17-34-26-10-6-7-11-28(26)39-31(34)38/h3-15,21,25,27,35H,16-20H2,1-2H3,(H,32,36)(H,33,37). The number of amides is 2. The summed E-state index contributed by atoms with van der Waals surface area (Å²) in [5, 5.41) is 16.5. The number of hydrogen-bond acceptors (Lipinski definition) is 5. The zero-order valence-electron chi connectivity index (χ0n) is 22.3. The van der Waals surface area contributed by atoms with Crippen LogP contribution in [0.3, 0.4) is 0 Å². The van der Waals surface area contributed by atoms with Gasteiger partial charge in [0.15, 0.2) is 5.58 Å². The lowest BCUT2D eigenvalue weighted by molar-refractivity contribution is -0.121. The zero-order chi connectivity index (χ0) is 27.8. The molecule has 0 saturated heterocycles. The summed E-state index contributed by atoms with van der Waals surface area (Å²) in [6.07, 6.45) is 0.399. The molecule has 0 spiro atoms. The third kappa shape index (κ3) is 7.67. The van der Waals surface area contributed by atoms with E-state index in [1.807, 2.05) is 44.2 Å². The van der Waals surface area contributed by atoms with Gasteiger partial charge in [0.05, 0.1) is 17.7 Å². The van der Waals surface area contributed by atoms with Crippen molar-refractivity contribution in [1.29, 1.82) is 0 Å². The summed E-state index contributed by atoms with van der Waals surface area (Å²) >= 11 is 0. The average Bonchev–Trinajstić information content (AvgIpc) is 3.25. The van der Waals surface area contributed by atoms with Crippen molar-refractivity contribution in [3.8, 4) is 0 Å². The van der Waals surface area contributed by atoms with Gasteiger partial charge in [-0.2, -0.15) is 0 Å². The number of aliphatic hydroxyl groups excluding tert-OH is 1. The van der Waals surface area contributed by atoms with Gasteiger partial charge in [0, 0.05) is 25.1 Å². The fraction of sp³-hybridized carbons (Fsp3) is 0.323. The van der Waals surface area contributed by atoms with Crippen molar-refractivity contribution in [2.24, 2.45) is 5.92 Å². The number of rotatable bonds is 12. The van der Waals surface area contributed by atoms with Gasteiger partial charge in [-0.1, -0.05) is 68.4 Å². The van der Waals surface area contributed by atoms with Gasteiger partial charge >= 0.3 is 5.76 Å². The van der Waals surface area contributed by atoms with E-state index in [1.54, 1.807) is 36.4 Å². The molecule has 2 unspecified atom stereocenters. The number of hydrogen-bond donors (Lipinski definition) is 3. The van der Waals surface area contributed by atoms with E-state index >= 15 is 0 Å². The minimum atomic E-state index is -0.977. The smallest absolute Gasteiger partial charge is 0.408 e. The van der Waals surface area contributed by atoms with E-state index in [9.17, 15) is 19.5 Å². The molecule has 1 aromatic heterocycles. The van der Waals surface area contributed by atoms with Gasteiger partial charge in [-0.25, -0.2) is 4.79 Å². The zero-order valence-corrected chi connectivity index (χ0v) is 22.3. The molecular formula is C31H35N3O5. The molecule has 0 bridgehead atoms. The highest BCUT2D eigenvalue weighted by Crippen LogP contribution is 2.14. The molecule has 0 saturated carbocycles. The Morgan fingerprint density at radius 1 is 0.923 bits per heavy atom. The second kappa shape index (κ2) is 13.1. The minimum Gasteiger partial charge on any atom is -0.408 e. The number of nitrogens with zero attached hydrogens (tertiary/aromatic N) is 1. The molecule has 0 aliphatic heterocycles. The normalized spacial score (nSPS) is 12.8. The number of para-hydroxylation sites is 2. The topological polar surface area (TPSA) is 114 Å². The highest BCUT2D eigenvalue weighted by atomic mass is 16.4. The third-order valence-corrected chi connectivity index (χ3v) is 6.62. The fourth-order valence-corrected chi connectivity index (χ4v) is 4.57. The summed E-state index contributed by atoms with van der Waals surface area (Å²) in [7, 11) is 0. The Balaban J connectivity index is 1.30. The van der Waals surface area contributed by atoms with Crippen LogP contribution in [-0.2, 0) is 17.8 Å². The first-order valence-corrected chi connectivity index (χ1v) is 13.3. The first-order valence-electron chi connectivity index (χ1n) is 13.3. The van der Waals surface area contributed by atoms with Crippen LogP contribution in [0, 0.1) is 5.92 Å². The monoisotopic (exact) mass is 529 g/mol. The molecule has 0 aliphatic carbocycles. The van der Waals surface area contributed by atoms with Crippen LogP contribution in [0.25, 0.3) is 11.1 Å². The van der Waals surface area contributed by atoms with Crippen LogP contribution in [0.5, 0.6) is 0 Å². The van der Waals surface area contributed by atoms with Crippen molar-refractivity contribution in [3.05, 3.63) is 106 Å². The number of benzene rings is 3. The van der Waals surface area contributed by atoms with Gasteiger partial charge in [0.25, 0.3) is 5.91 Å². The van der Waals surface area contributed by atoms with Gasteiger partial charge in [0.2, 0.25) is 5.91 Å².